The number of aromatic nitrogens is 3. The lowest BCUT2D eigenvalue weighted by Gasteiger charge is -2.21. The van der Waals surface area contributed by atoms with Crippen LogP contribution in [0.3, 0.4) is 0 Å². The first-order valence-corrected chi connectivity index (χ1v) is 12.7. The van der Waals surface area contributed by atoms with Crippen molar-refractivity contribution >= 4 is 37.4 Å². The van der Waals surface area contributed by atoms with Gasteiger partial charge in [0.25, 0.3) is 0 Å². The third kappa shape index (κ3) is 7.02. The summed E-state index contributed by atoms with van der Waals surface area (Å²) in [6, 6.07) is 5.88. The van der Waals surface area contributed by atoms with Crippen LogP contribution in [0.5, 0.6) is 5.75 Å². The highest BCUT2D eigenvalue weighted by Crippen LogP contribution is 2.37. The third-order valence-electron chi connectivity index (χ3n) is 4.61. The van der Waals surface area contributed by atoms with Gasteiger partial charge in [0.05, 0.1) is 17.2 Å². The molecule has 0 bridgehead atoms. The first-order chi connectivity index (χ1) is 16.0. The maximum atomic E-state index is 14.7. The first-order valence-electron chi connectivity index (χ1n) is 10.3. The number of aryl methyl sites for hydroxylation is 1. The van der Waals surface area contributed by atoms with Crippen molar-refractivity contribution in [3.05, 3.63) is 40.8 Å². The fourth-order valence-electron chi connectivity index (χ4n) is 2.96. The number of nitrogens with zero attached hydrogens (tertiary/aromatic N) is 3. The minimum absolute atomic E-state index is 0.0921. The summed E-state index contributed by atoms with van der Waals surface area (Å²) in [5.41, 5.74) is 7.94. The van der Waals surface area contributed by atoms with Crippen LogP contribution in [-0.2, 0) is 4.52 Å². The van der Waals surface area contributed by atoms with E-state index in [2.05, 4.69) is 20.5 Å². The Morgan fingerprint density at radius 1 is 1.18 bits per heavy atom. The molecule has 0 aliphatic heterocycles. The predicted molar refractivity (Wildman–Crippen MR) is 132 cm³/mol. The monoisotopic (exact) mass is 529 g/mol. The van der Waals surface area contributed by atoms with Crippen LogP contribution in [0, 0.1) is 12.7 Å². The summed E-state index contributed by atoms with van der Waals surface area (Å²) in [5, 5.41) is 13.1. The van der Waals surface area contributed by atoms with Gasteiger partial charge in [0.15, 0.2) is 11.6 Å². The molecular weight excluding hydrogens is 504 g/mol. The van der Waals surface area contributed by atoms with Crippen LogP contribution in [-0.4, -0.2) is 49.8 Å². The number of nitrogens with one attached hydrogen (secondary N) is 1. The van der Waals surface area contributed by atoms with Gasteiger partial charge in [-0.25, -0.2) is 9.37 Å². The molecule has 0 radical (unpaired) electrons. The minimum atomic E-state index is -2.55. The number of nitrogens with two attached hydrogens (primary N) is 1. The van der Waals surface area contributed by atoms with Gasteiger partial charge in [-0.1, -0.05) is 22.9 Å². The number of anilines is 1. The second-order valence-electron chi connectivity index (χ2n) is 7.89. The smallest absolute Gasteiger partial charge is 0.327 e. The van der Waals surface area contributed by atoms with E-state index in [4.69, 9.17) is 36.4 Å². The molecule has 2 aromatic heterocycles. The van der Waals surface area contributed by atoms with Gasteiger partial charge in [0.2, 0.25) is 0 Å². The fraction of sp³-hybridized carbons (Fsp3) is 0.381. The van der Waals surface area contributed by atoms with E-state index in [1.54, 1.807) is 6.92 Å². The van der Waals surface area contributed by atoms with E-state index in [-0.39, 0.29) is 23.4 Å². The second kappa shape index (κ2) is 11.6. The van der Waals surface area contributed by atoms with Gasteiger partial charge in [0, 0.05) is 28.9 Å². The highest BCUT2D eigenvalue weighted by atomic mass is 35.5. The third-order valence-corrected chi connectivity index (χ3v) is 6.45. The molecule has 9 nitrogen and oxygen atoms in total. The number of benzene rings is 1. The maximum absolute atomic E-state index is 14.7. The molecule has 0 spiro atoms. The average molecular weight is 530 g/mol. The normalized spacial score (nSPS) is 13.4. The van der Waals surface area contributed by atoms with Gasteiger partial charge >= 0.3 is 8.60 Å². The summed E-state index contributed by atoms with van der Waals surface area (Å²) in [6.45, 7) is 7.39. The van der Waals surface area contributed by atoms with Gasteiger partial charge in [-0.2, -0.15) is 0 Å². The average Bonchev–Trinajstić information content (AvgIpc) is 3.22. The molecule has 0 aliphatic carbocycles. The number of halogens is 2. The summed E-state index contributed by atoms with van der Waals surface area (Å²) in [6.07, 6.45) is -0.702. The second-order valence-corrected chi connectivity index (χ2v) is 10.00. The molecule has 3 aromatic rings. The van der Waals surface area contributed by atoms with E-state index in [0.29, 0.717) is 15.6 Å². The number of ether oxygens (including phenoxy) is 1. The van der Waals surface area contributed by atoms with Crippen molar-refractivity contribution in [2.24, 2.45) is 5.73 Å². The zero-order valence-electron chi connectivity index (χ0n) is 19.0. The Kier molecular flexibility index (Phi) is 9.11. The summed E-state index contributed by atoms with van der Waals surface area (Å²) in [4.78, 5) is 22.3. The topological polar surface area (TPSA) is 136 Å². The predicted octanol–water partition coefficient (Wildman–Crippen LogP) is 4.51. The number of pyridine rings is 1. The SMILES string of the molecule is Cc1cc(-c2nnc(-c3cc(F)c(OCC(N)C(C)OP(O)O)cc3Cl)s2)cc(NC(C)C)n1. The molecule has 2 heterocycles. The zero-order chi connectivity index (χ0) is 25.0. The lowest BCUT2D eigenvalue weighted by molar-refractivity contribution is 0.132. The van der Waals surface area contributed by atoms with E-state index < -0.39 is 26.6 Å². The number of hydrogen-bond acceptors (Lipinski definition) is 10. The summed E-state index contributed by atoms with van der Waals surface area (Å²) in [5.74, 6) is -0.00271. The molecule has 3 rings (SSSR count). The largest absolute Gasteiger partial charge is 0.489 e. The molecule has 13 heteroatoms. The van der Waals surface area contributed by atoms with Crippen molar-refractivity contribution in [3.8, 4) is 26.9 Å². The van der Waals surface area contributed by atoms with Gasteiger partial charge in [-0.3, -0.25) is 0 Å². The lowest BCUT2D eigenvalue weighted by atomic mass is 10.2. The molecule has 34 heavy (non-hydrogen) atoms. The standard InChI is InChI=1S/C21H26ClFN5O4PS/c1-10(2)25-19-6-13(5-11(3)26-19)20-27-28-21(34-20)14-7-16(23)18(8-15(14)22)31-9-17(24)12(4)32-33(29)30/h5-8,10,12,17,29-30H,9,24H2,1-4H3,(H,25,26). The van der Waals surface area contributed by atoms with Crippen molar-refractivity contribution in [1.29, 1.82) is 0 Å². The Balaban J connectivity index is 1.78. The van der Waals surface area contributed by atoms with Crippen LogP contribution in [0.1, 0.15) is 26.5 Å². The molecule has 0 saturated carbocycles. The lowest BCUT2D eigenvalue weighted by Crippen LogP contribution is -2.39. The fourth-order valence-corrected chi connectivity index (χ4v) is 4.58. The van der Waals surface area contributed by atoms with Crippen molar-refractivity contribution in [2.75, 3.05) is 11.9 Å². The molecule has 0 aliphatic rings. The molecule has 2 atom stereocenters. The molecule has 0 amide bonds. The Labute approximate surface area is 207 Å². The van der Waals surface area contributed by atoms with Crippen molar-refractivity contribution in [3.63, 3.8) is 0 Å². The van der Waals surface area contributed by atoms with E-state index in [1.165, 1.54) is 23.5 Å². The van der Waals surface area contributed by atoms with Gasteiger partial charge in [-0.15, -0.1) is 10.2 Å². The highest BCUT2D eigenvalue weighted by Gasteiger charge is 2.20. The zero-order valence-corrected chi connectivity index (χ0v) is 21.5. The molecular formula is C21H26ClFN5O4PS. The van der Waals surface area contributed by atoms with Crippen LogP contribution in [0.2, 0.25) is 5.02 Å². The maximum Gasteiger partial charge on any atom is 0.327 e. The molecule has 1 aromatic carbocycles. The van der Waals surface area contributed by atoms with E-state index >= 15 is 0 Å². The van der Waals surface area contributed by atoms with Gasteiger partial charge < -0.3 is 30.1 Å². The van der Waals surface area contributed by atoms with Crippen molar-refractivity contribution in [1.82, 2.24) is 15.2 Å². The molecule has 2 unspecified atom stereocenters. The quantitative estimate of drug-likeness (QED) is 0.280. The van der Waals surface area contributed by atoms with Crippen LogP contribution < -0.4 is 15.8 Å². The summed E-state index contributed by atoms with van der Waals surface area (Å²) >= 11 is 7.68. The molecule has 5 N–H and O–H groups in total. The van der Waals surface area contributed by atoms with Crippen LogP contribution in [0.4, 0.5) is 10.2 Å². The Hall–Kier alpha value is -1.98. The molecule has 184 valence electrons. The first kappa shape index (κ1) is 26.6. The summed E-state index contributed by atoms with van der Waals surface area (Å²) in [7, 11) is -2.55. The molecule has 0 fully saturated rings. The van der Waals surface area contributed by atoms with E-state index in [1.807, 2.05) is 32.9 Å². The van der Waals surface area contributed by atoms with Gasteiger partial charge in [0.1, 0.15) is 22.4 Å². The van der Waals surface area contributed by atoms with Crippen molar-refractivity contribution < 1.29 is 23.4 Å². The Morgan fingerprint density at radius 3 is 2.56 bits per heavy atom. The van der Waals surface area contributed by atoms with Crippen LogP contribution in [0.15, 0.2) is 24.3 Å². The Morgan fingerprint density at radius 2 is 1.88 bits per heavy atom. The number of rotatable bonds is 10. The Bertz CT molecular complexity index is 1140. The highest BCUT2D eigenvalue weighted by molar-refractivity contribution is 7.39. The van der Waals surface area contributed by atoms with E-state index in [0.717, 1.165) is 17.1 Å². The number of hydrogen-bond donors (Lipinski definition) is 4. The van der Waals surface area contributed by atoms with Gasteiger partial charge in [-0.05, 0) is 45.9 Å². The minimum Gasteiger partial charge on any atom is -0.489 e. The van der Waals surface area contributed by atoms with E-state index in [9.17, 15) is 4.39 Å². The van der Waals surface area contributed by atoms with Crippen LogP contribution >= 0.6 is 31.5 Å². The van der Waals surface area contributed by atoms with Crippen LogP contribution in [0.25, 0.3) is 21.1 Å². The molecule has 0 saturated heterocycles. The van der Waals surface area contributed by atoms with Crippen molar-refractivity contribution in [2.45, 2.75) is 45.9 Å². The summed E-state index contributed by atoms with van der Waals surface area (Å²) < 4.78 is 25.0.